The Labute approximate surface area is 105 Å². The van der Waals surface area contributed by atoms with Gasteiger partial charge in [-0.1, -0.05) is 13.8 Å². The van der Waals surface area contributed by atoms with E-state index < -0.39 is 11.6 Å². The number of rotatable bonds is 2. The van der Waals surface area contributed by atoms with Gasteiger partial charge >= 0.3 is 0 Å². The summed E-state index contributed by atoms with van der Waals surface area (Å²) >= 11 is 0. The summed E-state index contributed by atoms with van der Waals surface area (Å²) in [7, 11) is 0. The van der Waals surface area contributed by atoms with E-state index in [-0.39, 0.29) is 22.2 Å². The topological polar surface area (TPSA) is 38.9 Å². The average Bonchev–Trinajstić information content (AvgIpc) is 2.24. The first kappa shape index (κ1) is 12.7. The molecule has 96 valence electrons. The number of nitrogen functional groups attached to an aromatic ring is 1. The minimum Gasteiger partial charge on any atom is -0.398 e. The van der Waals surface area contributed by atoms with Crippen molar-refractivity contribution in [1.82, 2.24) is 4.98 Å². The largest absolute Gasteiger partial charge is 0.398 e. The number of aromatic nitrogens is 1. The normalized spacial score (nSPS) is 11.4. The van der Waals surface area contributed by atoms with Gasteiger partial charge in [-0.15, -0.1) is 0 Å². The van der Waals surface area contributed by atoms with Gasteiger partial charge in [0.1, 0.15) is 17.2 Å². The number of nitrogens with zero attached hydrogens (tertiary/aromatic N) is 1. The molecule has 1 heterocycles. The van der Waals surface area contributed by atoms with Crippen LogP contribution < -0.4 is 5.73 Å². The van der Waals surface area contributed by atoms with Crippen molar-refractivity contribution in [3.8, 4) is 0 Å². The Kier molecular flexibility index (Phi) is 3.20. The molecule has 0 aliphatic rings. The maximum absolute atomic E-state index is 13.9. The maximum Gasteiger partial charge on any atom is 0.149 e. The fraction of sp³-hybridized carbons (Fsp3) is 0.357. The molecule has 4 heteroatoms. The molecule has 2 aromatic rings. The highest BCUT2D eigenvalue weighted by Crippen LogP contribution is 2.28. The predicted octanol–water partition coefficient (Wildman–Crippen LogP) is 3.60. The van der Waals surface area contributed by atoms with Gasteiger partial charge in [0.25, 0.3) is 0 Å². The Balaban J connectivity index is 2.73. The van der Waals surface area contributed by atoms with Crippen LogP contribution in [0.4, 0.5) is 14.5 Å². The number of halogens is 2. The molecule has 1 aromatic carbocycles. The fourth-order valence-electron chi connectivity index (χ4n) is 2.07. The molecule has 0 saturated heterocycles. The summed E-state index contributed by atoms with van der Waals surface area (Å²) < 4.78 is 27.8. The van der Waals surface area contributed by atoms with E-state index >= 15 is 0 Å². The zero-order valence-electron chi connectivity index (χ0n) is 10.7. The summed E-state index contributed by atoms with van der Waals surface area (Å²) in [6, 6.07) is 2.79. The van der Waals surface area contributed by atoms with Crippen molar-refractivity contribution in [2.24, 2.45) is 5.92 Å². The van der Waals surface area contributed by atoms with Crippen LogP contribution in [0.2, 0.25) is 0 Å². The van der Waals surface area contributed by atoms with Crippen LogP contribution in [0.5, 0.6) is 0 Å². The van der Waals surface area contributed by atoms with Crippen molar-refractivity contribution in [3.05, 3.63) is 35.0 Å². The van der Waals surface area contributed by atoms with E-state index in [1.54, 1.807) is 6.07 Å². The number of anilines is 1. The van der Waals surface area contributed by atoms with Gasteiger partial charge in [0.05, 0.1) is 5.39 Å². The van der Waals surface area contributed by atoms with E-state index in [2.05, 4.69) is 4.98 Å². The third kappa shape index (κ3) is 2.15. The summed E-state index contributed by atoms with van der Waals surface area (Å²) in [5, 5.41) is 0.0833. The molecule has 0 unspecified atom stereocenters. The summed E-state index contributed by atoms with van der Waals surface area (Å²) in [5.41, 5.74) is 7.03. The minimum atomic E-state index is -0.527. The Morgan fingerprint density at radius 2 is 1.94 bits per heavy atom. The lowest BCUT2D eigenvalue weighted by molar-refractivity contribution is 0.604. The molecule has 0 atom stereocenters. The highest BCUT2D eigenvalue weighted by molar-refractivity contribution is 5.91. The number of hydrogen-bond acceptors (Lipinski definition) is 2. The van der Waals surface area contributed by atoms with E-state index in [0.717, 1.165) is 6.07 Å². The molecule has 0 saturated carbocycles. The molecule has 2 N–H and O–H groups in total. The molecule has 0 radical (unpaired) electrons. The quantitative estimate of drug-likeness (QED) is 0.884. The van der Waals surface area contributed by atoms with E-state index in [1.807, 2.05) is 13.8 Å². The summed E-state index contributed by atoms with van der Waals surface area (Å²) in [4.78, 5) is 4.18. The van der Waals surface area contributed by atoms with Gasteiger partial charge in [0.15, 0.2) is 0 Å². The van der Waals surface area contributed by atoms with Crippen molar-refractivity contribution < 1.29 is 8.78 Å². The molecule has 2 rings (SSSR count). The van der Waals surface area contributed by atoms with Crippen LogP contribution in [0.3, 0.4) is 0 Å². The Morgan fingerprint density at radius 1 is 1.28 bits per heavy atom. The smallest absolute Gasteiger partial charge is 0.149 e. The average molecular weight is 250 g/mol. The monoisotopic (exact) mass is 250 g/mol. The second-order valence-electron chi connectivity index (χ2n) is 5.01. The zero-order valence-corrected chi connectivity index (χ0v) is 10.7. The van der Waals surface area contributed by atoms with Gasteiger partial charge in [0, 0.05) is 11.4 Å². The molecule has 0 aliphatic carbocycles. The highest BCUT2D eigenvalue weighted by Gasteiger charge is 2.15. The molecule has 0 spiro atoms. The van der Waals surface area contributed by atoms with Crippen LogP contribution in [0.1, 0.15) is 25.1 Å². The van der Waals surface area contributed by atoms with Gasteiger partial charge in [-0.2, -0.15) is 0 Å². The number of hydrogen-bond donors (Lipinski definition) is 1. The molecular weight excluding hydrogens is 234 g/mol. The van der Waals surface area contributed by atoms with Crippen LogP contribution >= 0.6 is 0 Å². The molecule has 0 bridgehead atoms. The van der Waals surface area contributed by atoms with Crippen LogP contribution in [0, 0.1) is 24.5 Å². The molecule has 1 aromatic heterocycles. The summed E-state index contributed by atoms with van der Waals surface area (Å²) in [6.07, 6.45) is 0.690. The number of benzene rings is 1. The van der Waals surface area contributed by atoms with Crippen molar-refractivity contribution >= 4 is 16.6 Å². The lowest BCUT2D eigenvalue weighted by Crippen LogP contribution is -2.03. The molecular formula is C14H16F2N2. The number of aryl methyl sites for hydroxylation is 1. The van der Waals surface area contributed by atoms with Gasteiger partial charge in [-0.3, -0.25) is 0 Å². The summed E-state index contributed by atoms with van der Waals surface area (Å²) in [6.45, 7) is 5.58. The highest BCUT2D eigenvalue weighted by atomic mass is 19.1. The Bertz CT molecular complexity index is 607. The first-order chi connectivity index (χ1) is 8.40. The van der Waals surface area contributed by atoms with Gasteiger partial charge < -0.3 is 5.73 Å². The van der Waals surface area contributed by atoms with E-state index in [9.17, 15) is 8.78 Å². The number of pyridine rings is 1. The van der Waals surface area contributed by atoms with Crippen molar-refractivity contribution in [2.45, 2.75) is 27.2 Å². The van der Waals surface area contributed by atoms with Gasteiger partial charge in [-0.05, 0) is 37.0 Å². The van der Waals surface area contributed by atoms with Crippen LogP contribution in [-0.4, -0.2) is 4.98 Å². The lowest BCUT2D eigenvalue weighted by atomic mass is 10.0. The number of nitrogens with two attached hydrogens (primary N) is 1. The van der Waals surface area contributed by atoms with E-state index in [4.69, 9.17) is 5.73 Å². The van der Waals surface area contributed by atoms with Crippen LogP contribution in [-0.2, 0) is 6.42 Å². The Hall–Kier alpha value is -1.71. The van der Waals surface area contributed by atoms with Crippen molar-refractivity contribution in [3.63, 3.8) is 0 Å². The first-order valence-electron chi connectivity index (χ1n) is 5.94. The molecule has 2 nitrogen and oxygen atoms in total. The molecule has 18 heavy (non-hydrogen) atoms. The third-order valence-corrected chi connectivity index (χ3v) is 2.86. The fourth-order valence-corrected chi connectivity index (χ4v) is 2.07. The second-order valence-corrected chi connectivity index (χ2v) is 5.01. The third-order valence-electron chi connectivity index (χ3n) is 2.86. The molecule has 0 aliphatic heterocycles. The van der Waals surface area contributed by atoms with Crippen molar-refractivity contribution in [1.29, 1.82) is 0 Å². The second kappa shape index (κ2) is 4.52. The van der Waals surface area contributed by atoms with Gasteiger partial charge in [0.2, 0.25) is 0 Å². The summed E-state index contributed by atoms with van der Waals surface area (Å²) in [5.74, 6) is -0.638. The van der Waals surface area contributed by atoms with Crippen LogP contribution in [0.15, 0.2) is 12.1 Å². The number of fused-ring (bicyclic) bond motifs is 1. The Morgan fingerprint density at radius 3 is 2.56 bits per heavy atom. The zero-order chi connectivity index (χ0) is 13.4. The lowest BCUT2D eigenvalue weighted by Gasteiger charge is -2.10. The van der Waals surface area contributed by atoms with Crippen LogP contribution in [0.25, 0.3) is 10.9 Å². The van der Waals surface area contributed by atoms with E-state index in [0.29, 0.717) is 18.0 Å². The molecule has 0 amide bonds. The molecule has 0 fully saturated rings. The minimum absolute atomic E-state index is 0.0220. The predicted molar refractivity (Wildman–Crippen MR) is 69.4 cm³/mol. The van der Waals surface area contributed by atoms with Gasteiger partial charge in [-0.25, -0.2) is 13.8 Å². The SMILES string of the molecule is Cc1cc(F)c2nc(CC(C)C)cc(N)c2c1F. The first-order valence-corrected chi connectivity index (χ1v) is 5.94. The standard InChI is InChI=1S/C14H16F2N2/c1-7(2)4-9-6-11(17)12-13(16)8(3)5-10(15)14(12)18-9/h5-7H,4H2,1-3H3,(H2,17,18). The van der Waals surface area contributed by atoms with E-state index in [1.165, 1.54) is 6.92 Å². The van der Waals surface area contributed by atoms with Crippen molar-refractivity contribution in [2.75, 3.05) is 5.73 Å². The maximum atomic E-state index is 13.9.